The summed E-state index contributed by atoms with van der Waals surface area (Å²) in [5, 5.41) is 33.7. The van der Waals surface area contributed by atoms with E-state index >= 15 is 0 Å². The molecule has 0 saturated heterocycles. The molecule has 24 heteroatoms. The third-order valence-electron chi connectivity index (χ3n) is 9.71. The number of fused-ring (bicyclic) bond motifs is 1. The number of aliphatic carboxylic acids is 3. The van der Waals surface area contributed by atoms with Crippen molar-refractivity contribution in [3.63, 3.8) is 0 Å². The second kappa shape index (κ2) is 26.4. The highest BCUT2D eigenvalue weighted by Gasteiger charge is 2.33. The summed E-state index contributed by atoms with van der Waals surface area (Å²) >= 11 is 0. The molecule has 350 valence electrons. The summed E-state index contributed by atoms with van der Waals surface area (Å²) in [5.41, 5.74) is 17.5. The van der Waals surface area contributed by atoms with Crippen LogP contribution < -0.4 is 33.4 Å². The minimum atomic E-state index is -1.51. The number of ketones is 3. The van der Waals surface area contributed by atoms with E-state index in [1.807, 2.05) is 6.92 Å². The average molecular weight is 941 g/mol. The number of anilines is 1. The van der Waals surface area contributed by atoms with Crippen LogP contribution in [0.15, 0.2) is 40.2 Å². The van der Waals surface area contributed by atoms with Crippen LogP contribution in [0.25, 0.3) is 11.2 Å². The lowest BCUT2D eigenvalue weighted by molar-refractivity contribution is -0.144. The average Bonchev–Trinajstić information content (AvgIpc) is 3.24. The highest BCUT2D eigenvalue weighted by molar-refractivity contribution is 8.76. The predicted octanol–water partition coefficient (Wildman–Crippen LogP) is 0.980. The van der Waals surface area contributed by atoms with Crippen LogP contribution in [0.4, 0.5) is 5.95 Å². The van der Waals surface area contributed by atoms with Crippen LogP contribution in [0.3, 0.4) is 0 Å². The number of carboxylic acids is 3. The molecule has 0 saturated carbocycles. The number of guanidine groups is 1. The number of hydrogen-bond acceptors (Lipinski definition) is 16. The zero-order valence-corrected chi connectivity index (χ0v) is 37.0. The Hall–Kier alpha value is -6.43. The van der Waals surface area contributed by atoms with Crippen molar-refractivity contribution < 1.29 is 53.7 Å². The number of aliphatic imine (C=N–C) groups is 1. The first kappa shape index (κ1) is 52.9. The van der Waals surface area contributed by atoms with Crippen molar-refractivity contribution in [3.8, 4) is 0 Å². The van der Waals surface area contributed by atoms with E-state index in [1.54, 1.807) is 24.3 Å². The molecule has 0 fully saturated rings. The van der Waals surface area contributed by atoms with Gasteiger partial charge in [0.2, 0.25) is 17.8 Å². The van der Waals surface area contributed by atoms with Gasteiger partial charge in [-0.05, 0) is 44.6 Å². The van der Waals surface area contributed by atoms with Gasteiger partial charge in [-0.2, -0.15) is 4.98 Å². The monoisotopic (exact) mass is 940 g/mol. The van der Waals surface area contributed by atoms with E-state index in [-0.39, 0.29) is 66.6 Å². The molecule has 2 heterocycles. The summed E-state index contributed by atoms with van der Waals surface area (Å²) in [7, 11) is 2.54. The number of nitrogen functional groups attached to an aromatic ring is 1. The molecule has 5 unspecified atom stereocenters. The number of carboxylic acid groups (broad SMARTS) is 3. The molecule has 3 aromatic rings. The number of carbonyl (C=O) groups is 8. The smallest absolute Gasteiger partial charge is 0.327 e. The van der Waals surface area contributed by atoms with Crippen LogP contribution >= 0.6 is 21.6 Å². The molecule has 2 radical (unpaired) electrons. The fourth-order valence-electron chi connectivity index (χ4n) is 6.26. The molecule has 0 aliphatic rings. The molecule has 0 aliphatic heterocycles. The van der Waals surface area contributed by atoms with E-state index in [4.69, 9.17) is 24.1 Å². The molecule has 22 nitrogen and oxygen atoms in total. The van der Waals surface area contributed by atoms with Crippen molar-refractivity contribution in [1.82, 2.24) is 30.6 Å². The quantitative estimate of drug-likeness (QED) is 0.0148. The molecular formula is C41H52N10O12S2. The summed E-state index contributed by atoms with van der Waals surface area (Å²) in [5.74, 6) is -11.9. The molecule has 3 rings (SSSR count). The van der Waals surface area contributed by atoms with E-state index in [9.17, 15) is 58.5 Å². The number of H-pyrrole nitrogens is 1. The van der Waals surface area contributed by atoms with E-state index in [2.05, 4.69) is 35.6 Å². The van der Waals surface area contributed by atoms with Crippen molar-refractivity contribution in [2.24, 2.45) is 34.2 Å². The number of nitrogens with two attached hydrogens (primary N) is 3. The molecule has 2 aromatic heterocycles. The Morgan fingerprint density at radius 2 is 1.54 bits per heavy atom. The lowest BCUT2D eigenvalue weighted by Gasteiger charge is -2.23. The predicted molar refractivity (Wildman–Crippen MR) is 240 cm³/mol. The van der Waals surface area contributed by atoms with Gasteiger partial charge in [0, 0.05) is 55.2 Å². The molecule has 0 bridgehead atoms. The van der Waals surface area contributed by atoms with Gasteiger partial charge in [0.05, 0.1) is 36.2 Å². The number of rotatable bonds is 30. The van der Waals surface area contributed by atoms with E-state index in [1.165, 1.54) is 27.8 Å². The SMILES string of the molecule is [CH]C(CC(=O)CCC(CC(=O)c1ccc(CCc2cnc3nc(N)[nH]c(=O)c3n2)cc1)C(=O)O)C(=O)NC(CCCN=C(N)N)C(=O)CC(CC(=O)O)C(=O)NC(CSSCC)C(=O)O. The first-order valence-electron chi connectivity index (χ1n) is 20.3. The largest absolute Gasteiger partial charge is 0.481 e. The highest BCUT2D eigenvalue weighted by atomic mass is 33.1. The standard InChI is InChI=1S/C41H52N10O12S2/c1-3-64-65-20-29(39(62)63)49-36(58)25(18-32(55)56)17-31(54)28(5-4-14-45-40(42)43)48-35(57)21(2)15-27(52)13-11-24(38(60)61)16-30(53)23-9-6-22(7-10-23)8-12-26-19-46-34-33(47-26)37(59)51-41(44)50-34/h2,6-7,9-10,19,21,24-25,28-29H,3-5,8,11-18,20H2,1H3,(H,48,57)(H,49,58)(H,55,56)(H,60,61)(H,62,63)(H4,42,43,45)(H3,44,46,50,51,59). The van der Waals surface area contributed by atoms with Gasteiger partial charge >= 0.3 is 17.9 Å². The van der Waals surface area contributed by atoms with E-state index in [0.717, 1.165) is 5.56 Å². The molecule has 0 aliphatic carbocycles. The number of nitrogens with zero attached hydrogens (tertiary/aromatic N) is 4. The maximum atomic E-state index is 13.6. The van der Waals surface area contributed by atoms with Crippen molar-refractivity contribution in [1.29, 1.82) is 0 Å². The first-order valence-corrected chi connectivity index (χ1v) is 22.8. The van der Waals surface area contributed by atoms with Gasteiger partial charge in [0.1, 0.15) is 11.8 Å². The maximum absolute atomic E-state index is 13.6. The number of Topliss-reactive ketones (excluding diaryl/α,β-unsaturated/α-hetero) is 3. The number of benzene rings is 1. The Labute approximate surface area is 380 Å². The van der Waals surface area contributed by atoms with Gasteiger partial charge in [0.25, 0.3) is 5.56 Å². The molecule has 1 aromatic carbocycles. The maximum Gasteiger partial charge on any atom is 0.327 e. The third kappa shape index (κ3) is 18.3. The first-order chi connectivity index (χ1) is 30.8. The number of hydrogen-bond donors (Lipinski definition) is 9. The fourth-order valence-corrected chi connectivity index (χ4v) is 8.09. The normalized spacial score (nSPS) is 13.4. The molecule has 65 heavy (non-hydrogen) atoms. The van der Waals surface area contributed by atoms with Gasteiger partial charge in [-0.1, -0.05) is 52.8 Å². The number of amides is 2. The van der Waals surface area contributed by atoms with Crippen LogP contribution in [-0.4, -0.2) is 118 Å². The van der Waals surface area contributed by atoms with Gasteiger partial charge < -0.3 is 43.2 Å². The topological polar surface area (TPSA) is 383 Å². The Bertz CT molecular complexity index is 2290. The van der Waals surface area contributed by atoms with Crippen LogP contribution in [0.1, 0.15) is 79.9 Å². The minimum absolute atomic E-state index is 0.0287. The molecule has 0 spiro atoms. The van der Waals surface area contributed by atoms with Gasteiger partial charge in [-0.3, -0.25) is 48.3 Å². The second-order valence-electron chi connectivity index (χ2n) is 14.8. The third-order valence-corrected chi connectivity index (χ3v) is 12.2. The Morgan fingerprint density at radius 1 is 0.846 bits per heavy atom. The van der Waals surface area contributed by atoms with Crippen LogP contribution in [0.2, 0.25) is 0 Å². The summed E-state index contributed by atoms with van der Waals surface area (Å²) in [6.45, 7) is 7.91. The molecule has 2 amide bonds. The number of aryl methyl sites for hydroxylation is 2. The van der Waals surface area contributed by atoms with E-state index < -0.39 is 108 Å². The number of carbonyl (C=O) groups excluding carboxylic acids is 5. The summed E-state index contributed by atoms with van der Waals surface area (Å²) < 4.78 is 0. The summed E-state index contributed by atoms with van der Waals surface area (Å²) in [6, 6.07) is 3.76. The van der Waals surface area contributed by atoms with Crippen molar-refractivity contribution in [2.45, 2.75) is 83.2 Å². The zero-order chi connectivity index (χ0) is 48.2. The van der Waals surface area contributed by atoms with Gasteiger partial charge in [0.15, 0.2) is 28.7 Å². The van der Waals surface area contributed by atoms with Crippen molar-refractivity contribution >= 4 is 91.7 Å². The van der Waals surface area contributed by atoms with Gasteiger partial charge in [-0.25, -0.2) is 14.8 Å². The van der Waals surface area contributed by atoms with Crippen LogP contribution in [-0.2, 0) is 46.4 Å². The fraction of sp³-hybridized carbons (Fsp3) is 0.463. The summed E-state index contributed by atoms with van der Waals surface area (Å²) in [6.07, 6.45) is -0.719. The number of aromatic amines is 1. The second-order valence-corrected chi connectivity index (χ2v) is 17.6. The van der Waals surface area contributed by atoms with E-state index in [0.29, 0.717) is 24.3 Å². The van der Waals surface area contributed by atoms with Crippen LogP contribution in [0.5, 0.6) is 0 Å². The molecular weight excluding hydrogens is 889 g/mol. The lowest BCUT2D eigenvalue weighted by Crippen LogP contribution is -2.48. The van der Waals surface area contributed by atoms with Crippen molar-refractivity contribution in [2.75, 3.05) is 23.8 Å². The zero-order valence-electron chi connectivity index (χ0n) is 35.4. The minimum Gasteiger partial charge on any atom is -0.481 e. The number of nitrogens with one attached hydrogen (secondary N) is 3. The molecule has 5 atom stereocenters. The van der Waals surface area contributed by atoms with Crippen LogP contribution in [0, 0.1) is 24.7 Å². The number of aromatic nitrogens is 4. The Balaban J connectivity index is 1.58. The Kier molecular flexibility index (Phi) is 21.5. The lowest BCUT2D eigenvalue weighted by atomic mass is 9.90. The Morgan fingerprint density at radius 3 is 2.17 bits per heavy atom. The molecule has 12 N–H and O–H groups in total. The van der Waals surface area contributed by atoms with Gasteiger partial charge in [-0.15, -0.1) is 0 Å². The van der Waals surface area contributed by atoms with Crippen molar-refractivity contribution in [3.05, 3.63) is 64.6 Å². The highest BCUT2D eigenvalue weighted by Crippen LogP contribution is 2.23. The summed E-state index contributed by atoms with van der Waals surface area (Å²) in [4.78, 5) is 132.